The van der Waals surface area contributed by atoms with E-state index >= 15 is 0 Å². The van der Waals surface area contributed by atoms with Crippen LogP contribution in [-0.4, -0.2) is 49.7 Å². The van der Waals surface area contributed by atoms with E-state index in [0.29, 0.717) is 24.2 Å². The van der Waals surface area contributed by atoms with Crippen molar-refractivity contribution in [3.63, 3.8) is 0 Å². The van der Waals surface area contributed by atoms with E-state index in [9.17, 15) is 14.4 Å². The van der Waals surface area contributed by atoms with Gasteiger partial charge in [0.2, 0.25) is 11.8 Å². The number of ketones is 1. The highest BCUT2D eigenvalue weighted by Crippen LogP contribution is 2.39. The number of carbonyl (C=O) groups excluding carboxylic acids is 3. The molecular weight excluding hydrogens is 306 g/mol. The Balaban J connectivity index is 1.78. The minimum atomic E-state index is -0.278. The average molecular weight is 331 g/mol. The fraction of sp³-hybridized carbons (Fsp3) is 0.500. The van der Waals surface area contributed by atoms with Gasteiger partial charge in [-0.3, -0.25) is 14.4 Å². The van der Waals surface area contributed by atoms with Crippen molar-refractivity contribution in [3.05, 3.63) is 29.8 Å². The number of nitrogens with zero attached hydrogens (tertiary/aromatic N) is 1. The molecule has 130 valence electrons. The van der Waals surface area contributed by atoms with Crippen molar-refractivity contribution in [1.29, 1.82) is 0 Å². The lowest BCUT2D eigenvalue weighted by molar-refractivity contribution is -0.125. The van der Waals surface area contributed by atoms with Crippen LogP contribution in [0.4, 0.5) is 5.69 Å². The van der Waals surface area contributed by atoms with Gasteiger partial charge in [-0.05, 0) is 52.5 Å². The van der Waals surface area contributed by atoms with Gasteiger partial charge in [-0.2, -0.15) is 0 Å². The number of hydrogen-bond acceptors (Lipinski definition) is 4. The van der Waals surface area contributed by atoms with Crippen LogP contribution in [0.25, 0.3) is 0 Å². The number of Topliss-reactive ketones (excluding diaryl/α,β-unsaturated/α-hetero) is 1. The molecule has 2 rings (SSSR count). The van der Waals surface area contributed by atoms with E-state index in [0.717, 1.165) is 13.0 Å². The fourth-order valence-corrected chi connectivity index (χ4v) is 2.56. The largest absolute Gasteiger partial charge is 0.356 e. The van der Waals surface area contributed by atoms with Gasteiger partial charge in [-0.25, -0.2) is 0 Å². The maximum Gasteiger partial charge on any atom is 0.228 e. The summed E-state index contributed by atoms with van der Waals surface area (Å²) >= 11 is 0. The molecule has 1 aliphatic rings. The number of rotatable bonds is 8. The zero-order valence-electron chi connectivity index (χ0n) is 14.5. The van der Waals surface area contributed by atoms with Crippen molar-refractivity contribution in [2.45, 2.75) is 19.8 Å². The molecule has 6 nitrogen and oxygen atoms in total. The summed E-state index contributed by atoms with van der Waals surface area (Å²) in [5, 5.41) is 5.67. The van der Waals surface area contributed by atoms with Gasteiger partial charge in [0, 0.05) is 17.8 Å². The number of benzene rings is 1. The van der Waals surface area contributed by atoms with Gasteiger partial charge < -0.3 is 15.5 Å². The number of amides is 2. The summed E-state index contributed by atoms with van der Waals surface area (Å²) in [5.74, 6) is -0.775. The van der Waals surface area contributed by atoms with E-state index in [2.05, 4.69) is 15.5 Å². The highest BCUT2D eigenvalue weighted by molar-refractivity contribution is 6.01. The van der Waals surface area contributed by atoms with E-state index in [1.54, 1.807) is 24.3 Å². The lowest BCUT2D eigenvalue weighted by Crippen LogP contribution is -2.30. The third kappa shape index (κ3) is 5.16. The Labute approximate surface area is 142 Å². The summed E-state index contributed by atoms with van der Waals surface area (Å²) in [6.45, 7) is 3.03. The minimum Gasteiger partial charge on any atom is -0.356 e. The van der Waals surface area contributed by atoms with Gasteiger partial charge in [-0.15, -0.1) is 0 Å². The lowest BCUT2D eigenvalue weighted by atomic mass is 10.1. The topological polar surface area (TPSA) is 78.5 Å². The second kappa shape index (κ2) is 8.06. The molecule has 1 aliphatic carbocycles. The standard InChI is InChI=1S/C18H25N3O3/c1-12(22)13-6-4-7-14(10-13)20-18(24)16-11-15(16)17(23)19-8-5-9-21(2)3/h4,6-7,10,15-16H,5,8-9,11H2,1-3H3,(H,19,23)(H,20,24). The summed E-state index contributed by atoms with van der Waals surface area (Å²) in [7, 11) is 3.98. The molecule has 1 fully saturated rings. The van der Waals surface area contributed by atoms with Crippen molar-refractivity contribution in [2.75, 3.05) is 32.5 Å². The summed E-state index contributed by atoms with van der Waals surface area (Å²) in [5.41, 5.74) is 1.14. The second-order valence-electron chi connectivity index (χ2n) is 6.52. The molecule has 1 aromatic rings. The van der Waals surface area contributed by atoms with E-state index in [1.807, 2.05) is 14.1 Å². The van der Waals surface area contributed by atoms with Gasteiger partial charge in [0.05, 0.1) is 11.8 Å². The van der Waals surface area contributed by atoms with Gasteiger partial charge in [0.15, 0.2) is 5.78 Å². The normalized spacial score (nSPS) is 19.0. The van der Waals surface area contributed by atoms with Gasteiger partial charge in [0.1, 0.15) is 0 Å². The van der Waals surface area contributed by atoms with Crippen molar-refractivity contribution >= 4 is 23.3 Å². The SMILES string of the molecule is CC(=O)c1cccc(NC(=O)C2CC2C(=O)NCCCN(C)C)c1. The van der Waals surface area contributed by atoms with Crippen molar-refractivity contribution in [3.8, 4) is 0 Å². The molecule has 0 aliphatic heterocycles. The minimum absolute atomic E-state index is 0.0486. The molecule has 2 unspecified atom stereocenters. The predicted molar refractivity (Wildman–Crippen MR) is 92.9 cm³/mol. The Morgan fingerprint density at radius 3 is 2.54 bits per heavy atom. The monoisotopic (exact) mass is 331 g/mol. The molecule has 0 bridgehead atoms. The van der Waals surface area contributed by atoms with Crippen LogP contribution in [0.2, 0.25) is 0 Å². The Morgan fingerprint density at radius 2 is 1.88 bits per heavy atom. The van der Waals surface area contributed by atoms with Gasteiger partial charge in [0.25, 0.3) is 0 Å². The first-order chi connectivity index (χ1) is 11.4. The third-order valence-electron chi connectivity index (χ3n) is 4.08. The fourth-order valence-electron chi connectivity index (χ4n) is 2.56. The molecule has 1 saturated carbocycles. The zero-order valence-corrected chi connectivity index (χ0v) is 14.5. The Bertz CT molecular complexity index is 628. The zero-order chi connectivity index (χ0) is 17.7. The molecular formula is C18H25N3O3. The molecule has 0 saturated heterocycles. The van der Waals surface area contributed by atoms with Crippen LogP contribution >= 0.6 is 0 Å². The molecule has 24 heavy (non-hydrogen) atoms. The van der Waals surface area contributed by atoms with Crippen LogP contribution in [0.5, 0.6) is 0 Å². The number of anilines is 1. The average Bonchev–Trinajstić information content (AvgIpc) is 3.32. The Hall–Kier alpha value is -2.21. The van der Waals surface area contributed by atoms with Crippen LogP contribution in [0.15, 0.2) is 24.3 Å². The van der Waals surface area contributed by atoms with Crippen LogP contribution < -0.4 is 10.6 Å². The Kier molecular flexibility index (Phi) is 6.09. The van der Waals surface area contributed by atoms with E-state index < -0.39 is 0 Å². The quantitative estimate of drug-likeness (QED) is 0.559. The molecule has 2 amide bonds. The smallest absolute Gasteiger partial charge is 0.228 e. The van der Waals surface area contributed by atoms with E-state index in [4.69, 9.17) is 0 Å². The number of carbonyl (C=O) groups is 3. The highest BCUT2D eigenvalue weighted by Gasteiger charge is 2.47. The van der Waals surface area contributed by atoms with Crippen LogP contribution in [0.1, 0.15) is 30.1 Å². The summed E-state index contributed by atoms with van der Waals surface area (Å²) in [6, 6.07) is 6.83. The van der Waals surface area contributed by atoms with Crippen LogP contribution in [0.3, 0.4) is 0 Å². The summed E-state index contributed by atoms with van der Waals surface area (Å²) in [6.07, 6.45) is 1.47. The predicted octanol–water partition coefficient (Wildman–Crippen LogP) is 1.53. The van der Waals surface area contributed by atoms with E-state index in [1.165, 1.54) is 6.92 Å². The molecule has 0 radical (unpaired) electrons. The first-order valence-corrected chi connectivity index (χ1v) is 8.23. The molecule has 0 aromatic heterocycles. The molecule has 2 N–H and O–H groups in total. The molecule has 2 atom stereocenters. The number of nitrogens with one attached hydrogen (secondary N) is 2. The van der Waals surface area contributed by atoms with Gasteiger partial charge >= 0.3 is 0 Å². The molecule has 1 aromatic carbocycles. The van der Waals surface area contributed by atoms with Crippen LogP contribution in [-0.2, 0) is 9.59 Å². The first kappa shape index (κ1) is 18.1. The maximum atomic E-state index is 12.2. The summed E-state index contributed by atoms with van der Waals surface area (Å²) < 4.78 is 0. The maximum absolute atomic E-state index is 12.2. The lowest BCUT2D eigenvalue weighted by Gasteiger charge is -2.10. The van der Waals surface area contributed by atoms with E-state index in [-0.39, 0.29) is 29.4 Å². The first-order valence-electron chi connectivity index (χ1n) is 8.23. The highest BCUT2D eigenvalue weighted by atomic mass is 16.2. The van der Waals surface area contributed by atoms with Gasteiger partial charge in [-0.1, -0.05) is 12.1 Å². The molecule has 0 heterocycles. The van der Waals surface area contributed by atoms with Crippen molar-refractivity contribution < 1.29 is 14.4 Å². The second-order valence-corrected chi connectivity index (χ2v) is 6.52. The number of hydrogen-bond donors (Lipinski definition) is 2. The molecule has 6 heteroatoms. The molecule has 0 spiro atoms. The Morgan fingerprint density at radius 1 is 1.17 bits per heavy atom. The summed E-state index contributed by atoms with van der Waals surface area (Å²) in [4.78, 5) is 37.7. The van der Waals surface area contributed by atoms with Crippen molar-refractivity contribution in [1.82, 2.24) is 10.2 Å². The van der Waals surface area contributed by atoms with Crippen molar-refractivity contribution in [2.24, 2.45) is 11.8 Å². The van der Waals surface area contributed by atoms with Crippen LogP contribution in [0, 0.1) is 11.8 Å². The third-order valence-corrected chi connectivity index (χ3v) is 4.08.